The van der Waals surface area contributed by atoms with Crippen molar-refractivity contribution in [3.8, 4) is 0 Å². The molecule has 0 aliphatic heterocycles. The van der Waals surface area contributed by atoms with Crippen LogP contribution in [0.15, 0.2) is 35.4 Å². The van der Waals surface area contributed by atoms with Gasteiger partial charge in [0.15, 0.2) is 0 Å². The molecule has 1 fully saturated rings. The molecule has 5 heteroatoms. The van der Waals surface area contributed by atoms with E-state index in [0.717, 1.165) is 19.5 Å². The third-order valence-corrected chi connectivity index (χ3v) is 4.32. The van der Waals surface area contributed by atoms with Crippen LogP contribution in [0.3, 0.4) is 0 Å². The van der Waals surface area contributed by atoms with Crippen LogP contribution in [-0.4, -0.2) is 33.4 Å². The maximum atomic E-state index is 12.4. The number of fused-ring (bicyclic) bond motifs is 1. The molecular weight excluding hydrogens is 290 g/mol. The Morgan fingerprint density at radius 1 is 1.35 bits per heavy atom. The highest BCUT2D eigenvalue weighted by Crippen LogP contribution is 2.29. The Labute approximate surface area is 135 Å². The molecule has 0 N–H and O–H groups in total. The summed E-state index contributed by atoms with van der Waals surface area (Å²) in [5, 5.41) is 0.603. The van der Waals surface area contributed by atoms with Crippen molar-refractivity contribution in [3.05, 3.63) is 40.9 Å². The first-order chi connectivity index (χ1) is 11.2. The number of aromatic nitrogens is 2. The summed E-state index contributed by atoms with van der Waals surface area (Å²) >= 11 is 0. The molecular formula is C18H23N3O2. The summed E-state index contributed by atoms with van der Waals surface area (Å²) in [5.74, 6) is 0.828. The Morgan fingerprint density at radius 3 is 2.87 bits per heavy atom. The van der Waals surface area contributed by atoms with E-state index in [1.807, 2.05) is 23.1 Å². The van der Waals surface area contributed by atoms with E-state index in [1.54, 1.807) is 17.0 Å². The smallest absolute Gasteiger partial charge is 0.261 e. The molecule has 0 unspecified atom stereocenters. The summed E-state index contributed by atoms with van der Waals surface area (Å²) in [6, 6.07) is 7.30. The molecule has 1 heterocycles. The average Bonchev–Trinajstić information content (AvgIpc) is 3.38. The predicted octanol–water partition coefficient (Wildman–Crippen LogP) is 2.44. The number of rotatable bonds is 7. The van der Waals surface area contributed by atoms with Gasteiger partial charge in [-0.05, 0) is 37.3 Å². The van der Waals surface area contributed by atoms with Crippen LogP contribution in [0.2, 0.25) is 0 Å². The number of para-hydroxylation sites is 1. The fraction of sp³-hybridized carbons (Fsp3) is 0.500. The van der Waals surface area contributed by atoms with E-state index in [-0.39, 0.29) is 11.5 Å². The van der Waals surface area contributed by atoms with Crippen LogP contribution in [0.1, 0.15) is 32.6 Å². The maximum Gasteiger partial charge on any atom is 0.261 e. The van der Waals surface area contributed by atoms with Gasteiger partial charge in [-0.3, -0.25) is 14.2 Å². The lowest BCUT2D eigenvalue weighted by atomic mass is 10.2. The molecule has 122 valence electrons. The van der Waals surface area contributed by atoms with E-state index in [2.05, 4.69) is 11.9 Å². The summed E-state index contributed by atoms with van der Waals surface area (Å²) in [5.41, 5.74) is 0.619. The SMILES string of the molecule is CCCN(CC1CC1)C(=O)CCn1cnc2ccccc2c1=O. The highest BCUT2D eigenvalue weighted by molar-refractivity contribution is 5.77. The number of carbonyl (C=O) groups is 1. The fourth-order valence-electron chi connectivity index (χ4n) is 2.84. The minimum Gasteiger partial charge on any atom is -0.342 e. The largest absolute Gasteiger partial charge is 0.342 e. The molecule has 1 saturated carbocycles. The van der Waals surface area contributed by atoms with E-state index in [4.69, 9.17) is 0 Å². The molecule has 1 aromatic carbocycles. The van der Waals surface area contributed by atoms with Crippen LogP contribution in [0.4, 0.5) is 0 Å². The first kappa shape index (κ1) is 15.7. The normalized spacial score (nSPS) is 14.1. The molecule has 1 aliphatic rings. The number of amides is 1. The number of aryl methyl sites for hydroxylation is 1. The second-order valence-electron chi connectivity index (χ2n) is 6.29. The Hall–Kier alpha value is -2.17. The minimum atomic E-state index is -0.0763. The molecule has 0 atom stereocenters. The fourth-order valence-corrected chi connectivity index (χ4v) is 2.84. The third kappa shape index (κ3) is 3.78. The van der Waals surface area contributed by atoms with Crippen LogP contribution in [0.25, 0.3) is 10.9 Å². The Balaban J connectivity index is 1.68. The molecule has 2 aromatic rings. The van der Waals surface area contributed by atoms with Crippen LogP contribution in [0, 0.1) is 5.92 Å². The number of benzene rings is 1. The summed E-state index contributed by atoms with van der Waals surface area (Å²) < 4.78 is 1.54. The molecule has 23 heavy (non-hydrogen) atoms. The second kappa shape index (κ2) is 6.94. The summed E-state index contributed by atoms with van der Waals surface area (Å²) in [4.78, 5) is 31.1. The predicted molar refractivity (Wildman–Crippen MR) is 90.2 cm³/mol. The van der Waals surface area contributed by atoms with Crippen LogP contribution >= 0.6 is 0 Å². The zero-order chi connectivity index (χ0) is 16.2. The van der Waals surface area contributed by atoms with Gasteiger partial charge >= 0.3 is 0 Å². The first-order valence-corrected chi connectivity index (χ1v) is 8.41. The number of hydrogen-bond donors (Lipinski definition) is 0. The van der Waals surface area contributed by atoms with Crippen molar-refractivity contribution in [3.63, 3.8) is 0 Å². The van der Waals surface area contributed by atoms with Gasteiger partial charge in [0, 0.05) is 26.1 Å². The van der Waals surface area contributed by atoms with Gasteiger partial charge in [-0.25, -0.2) is 4.98 Å². The van der Waals surface area contributed by atoms with Crippen molar-refractivity contribution in [2.45, 2.75) is 39.2 Å². The first-order valence-electron chi connectivity index (χ1n) is 8.41. The van der Waals surface area contributed by atoms with Gasteiger partial charge in [0.2, 0.25) is 5.91 Å². The highest BCUT2D eigenvalue weighted by atomic mass is 16.2. The maximum absolute atomic E-state index is 12.4. The second-order valence-corrected chi connectivity index (χ2v) is 6.29. The lowest BCUT2D eigenvalue weighted by Gasteiger charge is -2.22. The van der Waals surface area contributed by atoms with Gasteiger partial charge in [0.05, 0.1) is 17.2 Å². The average molecular weight is 313 g/mol. The number of nitrogens with zero attached hydrogens (tertiary/aromatic N) is 3. The van der Waals surface area contributed by atoms with E-state index >= 15 is 0 Å². The van der Waals surface area contributed by atoms with Gasteiger partial charge in [-0.2, -0.15) is 0 Å². The molecule has 0 bridgehead atoms. The zero-order valence-corrected chi connectivity index (χ0v) is 13.6. The van der Waals surface area contributed by atoms with Gasteiger partial charge in [0.1, 0.15) is 0 Å². The third-order valence-electron chi connectivity index (χ3n) is 4.32. The van der Waals surface area contributed by atoms with Gasteiger partial charge in [-0.15, -0.1) is 0 Å². The molecule has 1 aliphatic carbocycles. The Kier molecular flexibility index (Phi) is 4.74. The van der Waals surface area contributed by atoms with Crippen LogP contribution in [-0.2, 0) is 11.3 Å². The van der Waals surface area contributed by atoms with Gasteiger partial charge in [0.25, 0.3) is 5.56 Å². The van der Waals surface area contributed by atoms with E-state index in [0.29, 0.717) is 29.8 Å². The number of hydrogen-bond acceptors (Lipinski definition) is 3. The Bertz CT molecular complexity index is 749. The molecule has 0 radical (unpaired) electrons. The standard InChI is InChI=1S/C18H23N3O2/c1-2-10-20(12-14-7-8-14)17(22)9-11-21-13-19-16-6-4-3-5-15(16)18(21)23/h3-6,13-14H,2,7-12H2,1H3. The molecule has 1 aromatic heterocycles. The molecule has 0 saturated heterocycles. The van der Waals surface area contributed by atoms with Crippen molar-refractivity contribution in [2.24, 2.45) is 5.92 Å². The van der Waals surface area contributed by atoms with E-state index in [1.165, 1.54) is 12.8 Å². The van der Waals surface area contributed by atoms with E-state index in [9.17, 15) is 9.59 Å². The number of carbonyl (C=O) groups excluding carboxylic acids is 1. The van der Waals surface area contributed by atoms with Crippen LogP contribution < -0.4 is 5.56 Å². The van der Waals surface area contributed by atoms with Crippen molar-refractivity contribution >= 4 is 16.8 Å². The minimum absolute atomic E-state index is 0.0763. The molecule has 1 amide bonds. The lowest BCUT2D eigenvalue weighted by molar-refractivity contribution is -0.131. The van der Waals surface area contributed by atoms with Crippen LogP contribution in [0.5, 0.6) is 0 Å². The van der Waals surface area contributed by atoms with Crippen molar-refractivity contribution in [1.29, 1.82) is 0 Å². The van der Waals surface area contributed by atoms with Crippen molar-refractivity contribution < 1.29 is 4.79 Å². The van der Waals surface area contributed by atoms with Gasteiger partial charge < -0.3 is 4.90 Å². The quantitative estimate of drug-likeness (QED) is 0.789. The molecule has 5 nitrogen and oxygen atoms in total. The van der Waals surface area contributed by atoms with Crippen molar-refractivity contribution in [2.75, 3.05) is 13.1 Å². The highest BCUT2D eigenvalue weighted by Gasteiger charge is 2.26. The monoisotopic (exact) mass is 313 g/mol. The summed E-state index contributed by atoms with van der Waals surface area (Å²) in [7, 11) is 0. The topological polar surface area (TPSA) is 55.2 Å². The lowest BCUT2D eigenvalue weighted by Crippen LogP contribution is -2.35. The van der Waals surface area contributed by atoms with Crippen molar-refractivity contribution in [1.82, 2.24) is 14.5 Å². The van der Waals surface area contributed by atoms with E-state index < -0.39 is 0 Å². The molecule has 0 spiro atoms. The van der Waals surface area contributed by atoms with Gasteiger partial charge in [-0.1, -0.05) is 19.1 Å². The summed E-state index contributed by atoms with van der Waals surface area (Å²) in [6.07, 6.45) is 5.34. The molecule has 3 rings (SSSR count). The Morgan fingerprint density at radius 2 is 2.13 bits per heavy atom. The summed E-state index contributed by atoms with van der Waals surface area (Å²) in [6.45, 7) is 4.16. The zero-order valence-electron chi connectivity index (χ0n) is 13.6.